The zero-order chi connectivity index (χ0) is 27.5. The molecule has 0 aromatic heterocycles. The quantitative estimate of drug-likeness (QED) is 0.278. The molecule has 0 amide bonds. The van der Waals surface area contributed by atoms with Crippen LogP contribution >= 0.6 is 0 Å². The number of fused-ring (bicyclic) bond motifs is 6. The van der Waals surface area contributed by atoms with Crippen molar-refractivity contribution in [2.24, 2.45) is 22.7 Å². The lowest BCUT2D eigenvalue weighted by molar-refractivity contribution is 0.0242. The van der Waals surface area contributed by atoms with Crippen LogP contribution in [0.3, 0.4) is 0 Å². The van der Waals surface area contributed by atoms with Gasteiger partial charge in [0.2, 0.25) is 0 Å². The highest BCUT2D eigenvalue weighted by molar-refractivity contribution is 6.20. The third kappa shape index (κ3) is 5.12. The molecule has 1 saturated carbocycles. The lowest BCUT2D eigenvalue weighted by Crippen LogP contribution is -2.56. The molecule has 202 valence electrons. The zero-order valence-corrected chi connectivity index (χ0v) is 24.4. The van der Waals surface area contributed by atoms with Crippen LogP contribution in [0.1, 0.15) is 114 Å². The van der Waals surface area contributed by atoms with Crippen molar-refractivity contribution >= 4 is 11.6 Å². The van der Waals surface area contributed by atoms with E-state index in [1.54, 1.807) is 0 Å². The normalized spacial score (nSPS) is 28.5. The summed E-state index contributed by atoms with van der Waals surface area (Å²) >= 11 is 0. The van der Waals surface area contributed by atoms with Crippen molar-refractivity contribution in [2.75, 3.05) is 0 Å². The molecule has 1 aromatic carbocycles. The average Bonchev–Trinajstić information content (AvgIpc) is 3.47. The molecule has 0 N–H and O–H groups in total. The smallest absolute Gasteiger partial charge is 0.171 e. The van der Waals surface area contributed by atoms with Gasteiger partial charge in [0.05, 0.1) is 10.8 Å². The summed E-state index contributed by atoms with van der Waals surface area (Å²) in [7, 11) is 0. The number of ketones is 2. The summed E-state index contributed by atoms with van der Waals surface area (Å²) in [6.45, 7) is 13.1. The maximum atomic E-state index is 14.1. The Hall–Kier alpha value is -2.74. The van der Waals surface area contributed by atoms with E-state index >= 15 is 0 Å². The van der Waals surface area contributed by atoms with Crippen molar-refractivity contribution in [3.8, 4) is 0 Å². The SMILES string of the molecule is CC(C)=CCC/C(C)=C/CC/C(C)=C/CCC(C)=CC[C@]12C(=O)c3ccccc3C(=O)[C@@]1(C)[C@H]1C=C[C@@H]2C1. The Morgan fingerprint density at radius 2 is 1.24 bits per heavy atom. The number of rotatable bonds is 11. The Labute approximate surface area is 230 Å². The van der Waals surface area contributed by atoms with E-state index < -0.39 is 10.8 Å². The number of hydrogen-bond acceptors (Lipinski definition) is 2. The van der Waals surface area contributed by atoms with Crippen LogP contribution in [0.2, 0.25) is 0 Å². The molecule has 1 aromatic rings. The molecule has 0 saturated heterocycles. The van der Waals surface area contributed by atoms with E-state index in [4.69, 9.17) is 0 Å². The van der Waals surface area contributed by atoms with E-state index in [-0.39, 0.29) is 23.4 Å². The molecule has 38 heavy (non-hydrogen) atoms. The van der Waals surface area contributed by atoms with Crippen LogP contribution in [0.4, 0.5) is 0 Å². The van der Waals surface area contributed by atoms with Crippen LogP contribution in [0.25, 0.3) is 0 Å². The number of benzene rings is 1. The average molecular weight is 511 g/mol. The van der Waals surface area contributed by atoms with Crippen LogP contribution in [0.15, 0.2) is 83.0 Å². The fourth-order valence-corrected chi connectivity index (χ4v) is 7.16. The molecule has 0 unspecified atom stereocenters. The third-order valence-electron chi connectivity index (χ3n) is 9.60. The molecule has 0 aliphatic heterocycles. The Bertz CT molecular complexity index is 1230. The number of carbonyl (C=O) groups excluding carboxylic acids is 2. The highest BCUT2D eigenvalue weighted by atomic mass is 16.1. The summed E-state index contributed by atoms with van der Waals surface area (Å²) in [6, 6.07) is 7.47. The third-order valence-corrected chi connectivity index (χ3v) is 9.60. The van der Waals surface area contributed by atoms with Crippen LogP contribution < -0.4 is 0 Å². The molecule has 2 nitrogen and oxygen atoms in total. The molecular weight excluding hydrogens is 464 g/mol. The first-order valence-electron chi connectivity index (χ1n) is 14.6. The fraction of sp³-hybridized carbons (Fsp3) is 0.500. The van der Waals surface area contributed by atoms with Gasteiger partial charge in [-0.25, -0.2) is 0 Å². The Kier molecular flexibility index (Phi) is 8.60. The van der Waals surface area contributed by atoms with Crippen molar-refractivity contribution in [1.82, 2.24) is 0 Å². The lowest BCUT2D eigenvalue weighted by Gasteiger charge is -2.50. The van der Waals surface area contributed by atoms with Gasteiger partial charge >= 0.3 is 0 Å². The van der Waals surface area contributed by atoms with Crippen LogP contribution in [-0.2, 0) is 0 Å². The van der Waals surface area contributed by atoms with E-state index in [1.165, 1.54) is 22.3 Å². The molecule has 3 aliphatic carbocycles. The summed E-state index contributed by atoms with van der Waals surface area (Å²) in [6.07, 6.45) is 21.8. The van der Waals surface area contributed by atoms with Crippen LogP contribution in [0, 0.1) is 22.7 Å². The van der Waals surface area contributed by atoms with Gasteiger partial charge in [-0.3, -0.25) is 9.59 Å². The highest BCUT2D eigenvalue weighted by Crippen LogP contribution is 2.69. The van der Waals surface area contributed by atoms with Gasteiger partial charge in [0.1, 0.15) is 0 Å². The number of Topliss-reactive ketones (excluding diaryl/α,β-unsaturated/α-hetero) is 2. The molecule has 0 spiro atoms. The highest BCUT2D eigenvalue weighted by Gasteiger charge is 2.71. The number of allylic oxidation sites excluding steroid dienone is 10. The summed E-state index contributed by atoms with van der Waals surface area (Å²) in [4.78, 5) is 27.9. The van der Waals surface area contributed by atoms with Crippen LogP contribution in [0.5, 0.6) is 0 Å². The van der Waals surface area contributed by atoms with Gasteiger partial charge in [0.15, 0.2) is 11.6 Å². The summed E-state index contributed by atoms with van der Waals surface area (Å²) in [5, 5.41) is 0. The van der Waals surface area contributed by atoms with Crippen molar-refractivity contribution in [2.45, 2.75) is 92.9 Å². The minimum atomic E-state index is -0.652. The van der Waals surface area contributed by atoms with E-state index in [2.05, 4.69) is 78.0 Å². The molecule has 0 heterocycles. The summed E-state index contributed by atoms with van der Waals surface area (Å²) in [5.41, 5.74) is 5.58. The van der Waals surface area contributed by atoms with Gasteiger partial charge in [-0.1, -0.05) is 89.9 Å². The standard InChI is InChI=1S/C36H46O2/c1-25(2)12-9-13-26(3)14-10-15-27(4)16-11-17-28(5)22-23-36-30-21-20-29(24-30)35(36,6)33(37)31-18-7-8-19-32(31)34(36)38/h7-8,12,14,16,18-22,29-30H,9-11,13,15,17,23-24H2,1-6H3/b26-14+,27-16+,28-22?/t29-,30+,35+,36-/m0/s1. The van der Waals surface area contributed by atoms with Crippen molar-refractivity contribution in [3.63, 3.8) is 0 Å². The van der Waals surface area contributed by atoms with Gasteiger partial charge in [-0.2, -0.15) is 0 Å². The lowest BCUT2D eigenvalue weighted by atomic mass is 9.49. The second-order valence-corrected chi connectivity index (χ2v) is 12.5. The van der Waals surface area contributed by atoms with Gasteiger partial charge in [0.25, 0.3) is 0 Å². The van der Waals surface area contributed by atoms with E-state index in [9.17, 15) is 9.59 Å². The molecular formula is C36H46O2. The Balaban J connectivity index is 1.38. The van der Waals surface area contributed by atoms with E-state index in [0.717, 1.165) is 44.9 Å². The van der Waals surface area contributed by atoms with Crippen LogP contribution in [-0.4, -0.2) is 11.6 Å². The maximum Gasteiger partial charge on any atom is 0.171 e. The number of hydrogen-bond donors (Lipinski definition) is 0. The molecule has 2 heteroatoms. The van der Waals surface area contributed by atoms with Crippen molar-refractivity contribution < 1.29 is 9.59 Å². The molecule has 2 bridgehead atoms. The van der Waals surface area contributed by atoms with Gasteiger partial charge in [-0.05, 0) is 97.8 Å². The largest absolute Gasteiger partial charge is 0.293 e. The molecule has 3 aliphatic rings. The molecule has 0 radical (unpaired) electrons. The predicted octanol–water partition coefficient (Wildman–Crippen LogP) is 9.80. The second-order valence-electron chi connectivity index (χ2n) is 12.5. The van der Waals surface area contributed by atoms with Crippen molar-refractivity contribution in [3.05, 3.63) is 94.1 Å². The van der Waals surface area contributed by atoms with Gasteiger partial charge in [0, 0.05) is 11.1 Å². The maximum absolute atomic E-state index is 14.1. The second kappa shape index (κ2) is 11.6. The minimum Gasteiger partial charge on any atom is -0.293 e. The topological polar surface area (TPSA) is 34.1 Å². The number of carbonyl (C=O) groups is 2. The first-order valence-corrected chi connectivity index (χ1v) is 14.6. The predicted molar refractivity (Wildman–Crippen MR) is 159 cm³/mol. The summed E-state index contributed by atoms with van der Waals surface area (Å²) < 4.78 is 0. The fourth-order valence-electron chi connectivity index (χ4n) is 7.16. The van der Waals surface area contributed by atoms with E-state index in [0.29, 0.717) is 17.5 Å². The molecule has 4 rings (SSSR count). The van der Waals surface area contributed by atoms with Gasteiger partial charge < -0.3 is 0 Å². The molecule has 1 fully saturated rings. The van der Waals surface area contributed by atoms with Crippen molar-refractivity contribution in [1.29, 1.82) is 0 Å². The Morgan fingerprint density at radius 1 is 0.737 bits per heavy atom. The summed E-state index contributed by atoms with van der Waals surface area (Å²) in [5.74, 6) is 0.639. The monoisotopic (exact) mass is 510 g/mol. The first-order chi connectivity index (χ1) is 18.1. The molecule has 4 atom stereocenters. The van der Waals surface area contributed by atoms with Gasteiger partial charge in [-0.15, -0.1) is 0 Å². The Morgan fingerprint density at radius 3 is 1.82 bits per heavy atom. The van der Waals surface area contributed by atoms with E-state index in [1.807, 2.05) is 24.3 Å². The first kappa shape index (κ1) is 28.3. The minimum absolute atomic E-state index is 0.145. The zero-order valence-electron chi connectivity index (χ0n) is 24.4.